The van der Waals surface area contributed by atoms with Gasteiger partial charge in [-0.1, -0.05) is 30.3 Å². The first-order valence-corrected chi connectivity index (χ1v) is 7.65. The number of hydrogen-bond acceptors (Lipinski definition) is 4. The van der Waals surface area contributed by atoms with E-state index in [1.54, 1.807) is 19.2 Å². The van der Waals surface area contributed by atoms with Crippen molar-refractivity contribution in [3.8, 4) is 5.75 Å². The van der Waals surface area contributed by atoms with E-state index in [9.17, 15) is 9.59 Å². The van der Waals surface area contributed by atoms with E-state index < -0.39 is 5.97 Å². The van der Waals surface area contributed by atoms with E-state index in [0.29, 0.717) is 17.9 Å². The molecule has 0 saturated heterocycles. The Balaban J connectivity index is 1.87. The molecule has 0 unspecified atom stereocenters. The monoisotopic (exact) mass is 327 g/mol. The molecule has 0 radical (unpaired) electrons. The number of nitrogens with one attached hydrogen (secondary N) is 1. The van der Waals surface area contributed by atoms with Crippen molar-refractivity contribution in [2.75, 3.05) is 13.7 Å². The number of para-hydroxylation sites is 1. The zero-order chi connectivity index (χ0) is 17.5. The van der Waals surface area contributed by atoms with Crippen LogP contribution in [0.25, 0.3) is 0 Å². The number of amides is 1. The maximum atomic E-state index is 12.1. The minimum Gasteiger partial charge on any atom is -0.496 e. The summed E-state index contributed by atoms with van der Waals surface area (Å²) in [6, 6.07) is 12.8. The number of benzene rings is 2. The average molecular weight is 327 g/mol. The largest absolute Gasteiger partial charge is 0.496 e. The van der Waals surface area contributed by atoms with Crippen molar-refractivity contribution in [2.45, 2.75) is 20.4 Å². The minimum atomic E-state index is -0.497. The third-order valence-corrected chi connectivity index (χ3v) is 3.83. The van der Waals surface area contributed by atoms with Crippen LogP contribution in [0.4, 0.5) is 0 Å². The number of esters is 1. The first kappa shape index (κ1) is 17.5. The molecule has 126 valence electrons. The highest BCUT2D eigenvalue weighted by atomic mass is 16.5. The summed E-state index contributed by atoms with van der Waals surface area (Å²) < 4.78 is 10.3. The predicted octanol–water partition coefficient (Wildman–Crippen LogP) is 2.79. The van der Waals surface area contributed by atoms with Gasteiger partial charge in [0.1, 0.15) is 5.75 Å². The summed E-state index contributed by atoms with van der Waals surface area (Å²) in [4.78, 5) is 23.9. The molecule has 24 heavy (non-hydrogen) atoms. The molecule has 5 nitrogen and oxygen atoms in total. The predicted molar refractivity (Wildman–Crippen MR) is 91.0 cm³/mol. The lowest BCUT2D eigenvalue weighted by Gasteiger charge is -2.11. The Morgan fingerprint density at radius 3 is 2.54 bits per heavy atom. The molecule has 0 atom stereocenters. The van der Waals surface area contributed by atoms with Crippen LogP contribution in [0.1, 0.15) is 27.0 Å². The molecule has 0 fully saturated rings. The van der Waals surface area contributed by atoms with Gasteiger partial charge in [-0.25, -0.2) is 4.79 Å². The molecule has 2 aromatic rings. The van der Waals surface area contributed by atoms with Gasteiger partial charge in [0.2, 0.25) is 0 Å². The van der Waals surface area contributed by atoms with Crippen molar-refractivity contribution < 1.29 is 19.1 Å². The van der Waals surface area contributed by atoms with Gasteiger partial charge in [0.25, 0.3) is 5.91 Å². The maximum absolute atomic E-state index is 12.1. The van der Waals surface area contributed by atoms with Gasteiger partial charge in [-0.2, -0.15) is 0 Å². The second-order valence-electron chi connectivity index (χ2n) is 5.41. The molecule has 5 heteroatoms. The van der Waals surface area contributed by atoms with Gasteiger partial charge >= 0.3 is 5.97 Å². The highest BCUT2D eigenvalue weighted by molar-refractivity contribution is 5.93. The summed E-state index contributed by atoms with van der Waals surface area (Å²) in [6.07, 6.45) is 0. The Bertz CT molecular complexity index is 740. The van der Waals surface area contributed by atoms with Gasteiger partial charge in [-0.3, -0.25) is 4.79 Å². The molecule has 0 aromatic heterocycles. The third-order valence-electron chi connectivity index (χ3n) is 3.83. The fourth-order valence-electron chi connectivity index (χ4n) is 2.27. The first-order chi connectivity index (χ1) is 11.5. The molecule has 0 aliphatic carbocycles. The van der Waals surface area contributed by atoms with Crippen LogP contribution in [-0.4, -0.2) is 25.6 Å². The van der Waals surface area contributed by atoms with Crippen LogP contribution in [0.3, 0.4) is 0 Å². The Morgan fingerprint density at radius 1 is 1.04 bits per heavy atom. The first-order valence-electron chi connectivity index (χ1n) is 7.65. The molecule has 0 saturated carbocycles. The molecule has 0 heterocycles. The summed E-state index contributed by atoms with van der Waals surface area (Å²) >= 11 is 0. The molecule has 1 amide bonds. The number of ether oxygens (including phenoxy) is 2. The maximum Gasteiger partial charge on any atom is 0.338 e. The molecule has 1 N–H and O–H groups in total. The molecular weight excluding hydrogens is 306 g/mol. The van der Waals surface area contributed by atoms with E-state index in [1.807, 2.05) is 44.2 Å². The highest BCUT2D eigenvalue weighted by Crippen LogP contribution is 2.16. The van der Waals surface area contributed by atoms with E-state index in [1.165, 1.54) is 0 Å². The van der Waals surface area contributed by atoms with Crippen molar-refractivity contribution in [1.29, 1.82) is 0 Å². The second-order valence-corrected chi connectivity index (χ2v) is 5.41. The lowest BCUT2D eigenvalue weighted by atomic mass is 10.0. The van der Waals surface area contributed by atoms with E-state index in [2.05, 4.69) is 5.32 Å². The molecule has 0 aliphatic rings. The number of carbonyl (C=O) groups excluding carboxylic acids is 2. The molecule has 2 rings (SSSR count). The van der Waals surface area contributed by atoms with Crippen LogP contribution in [-0.2, 0) is 16.1 Å². The van der Waals surface area contributed by atoms with Gasteiger partial charge in [0, 0.05) is 12.1 Å². The van der Waals surface area contributed by atoms with Crippen molar-refractivity contribution in [3.63, 3.8) is 0 Å². The average Bonchev–Trinajstić information content (AvgIpc) is 2.60. The van der Waals surface area contributed by atoms with Crippen LogP contribution in [0.5, 0.6) is 5.75 Å². The van der Waals surface area contributed by atoms with E-state index >= 15 is 0 Å². The van der Waals surface area contributed by atoms with Crippen LogP contribution in [0, 0.1) is 13.8 Å². The van der Waals surface area contributed by atoms with Gasteiger partial charge in [-0.05, 0) is 37.1 Å². The Kier molecular flexibility index (Phi) is 5.95. The van der Waals surface area contributed by atoms with Gasteiger partial charge in [-0.15, -0.1) is 0 Å². The minimum absolute atomic E-state index is 0.309. The van der Waals surface area contributed by atoms with Gasteiger partial charge < -0.3 is 14.8 Å². The van der Waals surface area contributed by atoms with Crippen molar-refractivity contribution in [1.82, 2.24) is 5.32 Å². The van der Waals surface area contributed by atoms with Gasteiger partial charge in [0.05, 0.1) is 12.7 Å². The fraction of sp³-hybridized carbons (Fsp3) is 0.263. The van der Waals surface area contributed by atoms with Gasteiger partial charge in [0.15, 0.2) is 6.61 Å². The summed E-state index contributed by atoms with van der Waals surface area (Å²) in [5.74, 6) is -0.159. The number of carbonyl (C=O) groups is 2. The summed E-state index contributed by atoms with van der Waals surface area (Å²) in [6.45, 7) is 3.77. The smallest absolute Gasteiger partial charge is 0.338 e. The van der Waals surface area contributed by atoms with Crippen molar-refractivity contribution in [2.24, 2.45) is 0 Å². The van der Waals surface area contributed by atoms with E-state index in [4.69, 9.17) is 9.47 Å². The summed E-state index contributed by atoms with van der Waals surface area (Å²) in [5.41, 5.74) is 3.20. The molecule has 0 bridgehead atoms. The van der Waals surface area contributed by atoms with Crippen LogP contribution in [0.15, 0.2) is 42.5 Å². The molecule has 0 spiro atoms. The Hall–Kier alpha value is -2.82. The lowest BCUT2D eigenvalue weighted by Crippen LogP contribution is -2.28. The standard InChI is InChI=1S/C19H21NO4/c1-13-7-6-9-16(14(13)2)19(22)24-12-18(21)20-11-15-8-4-5-10-17(15)23-3/h4-10H,11-12H2,1-3H3,(H,20,21). The SMILES string of the molecule is COc1ccccc1CNC(=O)COC(=O)c1cccc(C)c1C. The summed E-state index contributed by atoms with van der Waals surface area (Å²) in [7, 11) is 1.58. The van der Waals surface area contributed by atoms with Crippen LogP contribution in [0.2, 0.25) is 0 Å². The van der Waals surface area contributed by atoms with Crippen molar-refractivity contribution >= 4 is 11.9 Å². The topological polar surface area (TPSA) is 64.6 Å². The van der Waals surface area contributed by atoms with E-state index in [-0.39, 0.29) is 12.5 Å². The number of hydrogen-bond donors (Lipinski definition) is 1. The van der Waals surface area contributed by atoms with Crippen LogP contribution < -0.4 is 10.1 Å². The fourth-order valence-corrected chi connectivity index (χ4v) is 2.27. The number of rotatable bonds is 6. The van der Waals surface area contributed by atoms with E-state index in [0.717, 1.165) is 16.7 Å². The summed E-state index contributed by atoms with van der Waals surface area (Å²) in [5, 5.41) is 2.71. The Labute approximate surface area is 141 Å². The van der Waals surface area contributed by atoms with Crippen LogP contribution >= 0.6 is 0 Å². The lowest BCUT2D eigenvalue weighted by molar-refractivity contribution is -0.124. The molecular formula is C19H21NO4. The quantitative estimate of drug-likeness (QED) is 0.829. The zero-order valence-electron chi connectivity index (χ0n) is 14.1. The highest BCUT2D eigenvalue weighted by Gasteiger charge is 2.13. The number of aryl methyl sites for hydroxylation is 1. The zero-order valence-corrected chi connectivity index (χ0v) is 14.1. The second kappa shape index (κ2) is 8.15. The Morgan fingerprint density at radius 2 is 1.79 bits per heavy atom. The third kappa shape index (κ3) is 4.35. The van der Waals surface area contributed by atoms with Crippen molar-refractivity contribution in [3.05, 3.63) is 64.7 Å². The number of methoxy groups -OCH3 is 1. The normalized spacial score (nSPS) is 10.1. The molecule has 2 aromatic carbocycles. The molecule has 0 aliphatic heterocycles.